The van der Waals surface area contributed by atoms with Crippen molar-refractivity contribution in [2.75, 3.05) is 13.2 Å². The Bertz CT molecular complexity index is 843. The average Bonchev–Trinajstić information content (AvgIpc) is 2.90. The van der Waals surface area contributed by atoms with E-state index in [9.17, 15) is 4.79 Å². The second-order valence-electron chi connectivity index (χ2n) is 9.52. The smallest absolute Gasteiger partial charge is 0.338 e. The molecular formula is C31H45NO3. The number of hydrogen-bond donors (Lipinski definition) is 0. The summed E-state index contributed by atoms with van der Waals surface area (Å²) in [6.07, 6.45) is 16.1. The lowest BCUT2D eigenvalue weighted by atomic mass is 10.1. The van der Waals surface area contributed by atoms with Crippen molar-refractivity contribution in [1.29, 1.82) is 0 Å². The van der Waals surface area contributed by atoms with Crippen LogP contribution >= 0.6 is 0 Å². The van der Waals surface area contributed by atoms with E-state index in [4.69, 9.17) is 9.47 Å². The van der Waals surface area contributed by atoms with E-state index >= 15 is 0 Å². The summed E-state index contributed by atoms with van der Waals surface area (Å²) in [6, 6.07) is 15.2. The fourth-order valence-electron chi connectivity index (χ4n) is 3.68. The molecule has 0 aromatic heterocycles. The molecule has 0 heterocycles. The molecule has 0 radical (unpaired) electrons. The average molecular weight is 480 g/mol. The molecule has 4 nitrogen and oxygen atoms in total. The van der Waals surface area contributed by atoms with Gasteiger partial charge in [-0.15, -0.1) is 0 Å². The van der Waals surface area contributed by atoms with Gasteiger partial charge in [0.15, 0.2) is 0 Å². The highest BCUT2D eigenvalue weighted by Gasteiger charge is 2.08. The standard InChI is InChI=1S/C31H45NO3/c1-4-6-7-8-9-10-11-12-13-14-23-34-30-21-19-29(20-22-30)32-24-27-15-17-28(18-16-27)31(33)35-25-26(3)5-2/h15-22,24,26H,4-14,23,25H2,1-3H3. The molecule has 1 unspecified atom stereocenters. The number of hydrogen-bond acceptors (Lipinski definition) is 4. The number of carbonyl (C=O) groups is 1. The highest BCUT2D eigenvalue weighted by atomic mass is 16.5. The predicted molar refractivity (Wildman–Crippen MR) is 147 cm³/mol. The van der Waals surface area contributed by atoms with E-state index in [0.29, 0.717) is 18.1 Å². The van der Waals surface area contributed by atoms with Gasteiger partial charge in [0, 0.05) is 6.21 Å². The van der Waals surface area contributed by atoms with Gasteiger partial charge in [0.05, 0.1) is 24.5 Å². The Morgan fingerprint density at radius 2 is 1.43 bits per heavy atom. The van der Waals surface area contributed by atoms with Gasteiger partial charge in [0.25, 0.3) is 0 Å². The molecule has 0 saturated carbocycles. The number of rotatable bonds is 18. The van der Waals surface area contributed by atoms with Crippen LogP contribution in [-0.4, -0.2) is 25.4 Å². The zero-order valence-electron chi connectivity index (χ0n) is 22.1. The van der Waals surface area contributed by atoms with E-state index in [1.54, 1.807) is 18.3 Å². The van der Waals surface area contributed by atoms with Crippen molar-refractivity contribution in [3.8, 4) is 5.75 Å². The molecule has 0 saturated heterocycles. The van der Waals surface area contributed by atoms with Crippen molar-refractivity contribution < 1.29 is 14.3 Å². The van der Waals surface area contributed by atoms with Crippen LogP contribution in [0.5, 0.6) is 5.75 Å². The molecule has 0 N–H and O–H groups in total. The summed E-state index contributed by atoms with van der Waals surface area (Å²) in [6.45, 7) is 7.66. The van der Waals surface area contributed by atoms with E-state index in [0.717, 1.165) is 36.4 Å². The topological polar surface area (TPSA) is 47.9 Å². The van der Waals surface area contributed by atoms with E-state index in [1.807, 2.05) is 36.4 Å². The van der Waals surface area contributed by atoms with Crippen molar-refractivity contribution in [1.82, 2.24) is 0 Å². The SMILES string of the molecule is CCCCCCCCCCCCOc1ccc(N=Cc2ccc(C(=O)OCC(C)CC)cc2)cc1. The first-order valence-corrected chi connectivity index (χ1v) is 13.7. The molecule has 0 aliphatic carbocycles. The van der Waals surface area contributed by atoms with Gasteiger partial charge in [-0.1, -0.05) is 97.1 Å². The van der Waals surface area contributed by atoms with Crippen LogP contribution in [0.15, 0.2) is 53.5 Å². The summed E-state index contributed by atoms with van der Waals surface area (Å²) in [5.41, 5.74) is 2.37. The summed E-state index contributed by atoms with van der Waals surface area (Å²) in [5.74, 6) is 0.990. The summed E-state index contributed by atoms with van der Waals surface area (Å²) >= 11 is 0. The van der Waals surface area contributed by atoms with Crippen LogP contribution in [0.1, 0.15) is 107 Å². The van der Waals surface area contributed by atoms with E-state index in [2.05, 4.69) is 25.8 Å². The molecule has 0 aliphatic heterocycles. The number of benzene rings is 2. The third kappa shape index (κ3) is 12.6. The van der Waals surface area contributed by atoms with Crippen molar-refractivity contribution in [3.05, 3.63) is 59.7 Å². The van der Waals surface area contributed by atoms with Gasteiger partial charge in [-0.05, 0) is 54.3 Å². The second kappa shape index (κ2) is 17.8. The first-order valence-electron chi connectivity index (χ1n) is 13.7. The minimum atomic E-state index is -0.276. The molecule has 2 aromatic rings. The Kier molecular flexibility index (Phi) is 14.5. The maximum atomic E-state index is 12.1. The van der Waals surface area contributed by atoms with Crippen LogP contribution in [0.2, 0.25) is 0 Å². The second-order valence-corrected chi connectivity index (χ2v) is 9.52. The molecule has 0 aliphatic rings. The fraction of sp³-hybridized carbons (Fsp3) is 0.548. The number of esters is 1. The van der Waals surface area contributed by atoms with Gasteiger partial charge >= 0.3 is 5.97 Å². The number of nitrogens with zero attached hydrogens (tertiary/aromatic N) is 1. The Hall–Kier alpha value is -2.62. The molecule has 0 amide bonds. The third-order valence-electron chi connectivity index (χ3n) is 6.31. The Balaban J connectivity index is 1.63. The minimum absolute atomic E-state index is 0.276. The zero-order chi connectivity index (χ0) is 25.1. The van der Waals surface area contributed by atoms with Crippen LogP contribution in [0, 0.1) is 5.92 Å². The van der Waals surface area contributed by atoms with Crippen molar-refractivity contribution in [2.45, 2.75) is 91.4 Å². The predicted octanol–water partition coefficient (Wildman–Crippen LogP) is 8.94. The minimum Gasteiger partial charge on any atom is -0.494 e. The Morgan fingerprint density at radius 1 is 0.829 bits per heavy atom. The number of unbranched alkanes of at least 4 members (excludes halogenated alkanes) is 9. The molecule has 0 bridgehead atoms. The monoisotopic (exact) mass is 479 g/mol. The van der Waals surface area contributed by atoms with Gasteiger partial charge in [-0.25, -0.2) is 4.79 Å². The third-order valence-corrected chi connectivity index (χ3v) is 6.31. The van der Waals surface area contributed by atoms with Gasteiger partial charge in [-0.3, -0.25) is 4.99 Å². The fourth-order valence-corrected chi connectivity index (χ4v) is 3.68. The van der Waals surface area contributed by atoms with Crippen LogP contribution in [0.4, 0.5) is 5.69 Å². The first kappa shape index (κ1) is 28.6. The van der Waals surface area contributed by atoms with Crippen LogP contribution < -0.4 is 4.74 Å². The molecule has 4 heteroatoms. The molecule has 192 valence electrons. The van der Waals surface area contributed by atoms with Crippen molar-refractivity contribution in [2.24, 2.45) is 10.9 Å². The molecule has 0 fully saturated rings. The molecule has 1 atom stereocenters. The lowest BCUT2D eigenvalue weighted by Crippen LogP contribution is -2.11. The van der Waals surface area contributed by atoms with Gasteiger partial charge in [-0.2, -0.15) is 0 Å². The zero-order valence-corrected chi connectivity index (χ0v) is 22.1. The van der Waals surface area contributed by atoms with Gasteiger partial charge in [0.2, 0.25) is 0 Å². The largest absolute Gasteiger partial charge is 0.494 e. The van der Waals surface area contributed by atoms with Crippen molar-refractivity contribution in [3.63, 3.8) is 0 Å². The van der Waals surface area contributed by atoms with Crippen molar-refractivity contribution >= 4 is 17.9 Å². The van der Waals surface area contributed by atoms with E-state index in [-0.39, 0.29) is 5.97 Å². The van der Waals surface area contributed by atoms with Gasteiger partial charge in [0.1, 0.15) is 5.75 Å². The highest BCUT2D eigenvalue weighted by Crippen LogP contribution is 2.19. The first-order chi connectivity index (χ1) is 17.1. The Morgan fingerprint density at radius 3 is 2.03 bits per heavy atom. The number of aliphatic imine (C=N–C) groups is 1. The quantitative estimate of drug-likeness (QED) is 0.122. The highest BCUT2D eigenvalue weighted by molar-refractivity contribution is 5.91. The molecular weight excluding hydrogens is 434 g/mol. The lowest BCUT2D eigenvalue weighted by molar-refractivity contribution is 0.0447. The summed E-state index contributed by atoms with van der Waals surface area (Å²) in [4.78, 5) is 16.6. The molecule has 0 spiro atoms. The summed E-state index contributed by atoms with van der Waals surface area (Å²) in [5, 5.41) is 0. The number of ether oxygens (including phenoxy) is 2. The maximum absolute atomic E-state index is 12.1. The van der Waals surface area contributed by atoms with E-state index in [1.165, 1.54) is 57.8 Å². The molecule has 2 aromatic carbocycles. The maximum Gasteiger partial charge on any atom is 0.338 e. The molecule has 2 rings (SSSR count). The van der Waals surface area contributed by atoms with Crippen LogP contribution in [0.25, 0.3) is 0 Å². The molecule has 35 heavy (non-hydrogen) atoms. The summed E-state index contributed by atoms with van der Waals surface area (Å²) in [7, 11) is 0. The summed E-state index contributed by atoms with van der Waals surface area (Å²) < 4.78 is 11.2. The number of carbonyl (C=O) groups excluding carboxylic acids is 1. The Labute approximate surface area is 213 Å². The van der Waals surface area contributed by atoms with E-state index < -0.39 is 0 Å². The normalized spacial score (nSPS) is 12.1. The van der Waals surface area contributed by atoms with Crippen LogP contribution in [-0.2, 0) is 4.74 Å². The van der Waals surface area contributed by atoms with Gasteiger partial charge < -0.3 is 9.47 Å². The lowest BCUT2D eigenvalue weighted by Gasteiger charge is -2.09. The van der Waals surface area contributed by atoms with Crippen LogP contribution in [0.3, 0.4) is 0 Å².